The summed E-state index contributed by atoms with van der Waals surface area (Å²) >= 11 is 0. The van der Waals surface area contributed by atoms with Gasteiger partial charge in [-0.3, -0.25) is 9.36 Å². The molecule has 174 valence electrons. The van der Waals surface area contributed by atoms with E-state index >= 15 is 0 Å². The van der Waals surface area contributed by atoms with Crippen LogP contribution in [-0.4, -0.2) is 48.2 Å². The molecule has 0 radical (unpaired) electrons. The number of methoxy groups -OCH3 is 1. The number of aromatic nitrogens is 1. The predicted molar refractivity (Wildman–Crippen MR) is 132 cm³/mol. The Labute approximate surface area is 196 Å². The highest BCUT2D eigenvalue weighted by Crippen LogP contribution is 2.32. The van der Waals surface area contributed by atoms with Crippen molar-refractivity contribution in [2.45, 2.75) is 63.5 Å². The largest absolute Gasteiger partial charge is 0.496 e. The van der Waals surface area contributed by atoms with Crippen molar-refractivity contribution in [1.29, 1.82) is 0 Å². The molecule has 2 aromatic carbocycles. The standard InChI is InChI=1S/C28H34N2O3/c1-29-16-8-9-21(29)17-20-19-30(28(31)24-12-6-7-13-27(24)32-2)26-15-14-23(18-25(20)26)33-22-10-4-3-5-11-22/h6-7,12-15,18-19,21-22H,3-5,8-11,16-17H2,1-2H3. The number of carbonyl (C=O) groups excluding carboxylic acids is 1. The van der Waals surface area contributed by atoms with E-state index in [0.29, 0.717) is 23.5 Å². The average Bonchev–Trinajstić information content (AvgIpc) is 3.42. The third kappa shape index (κ3) is 4.51. The molecule has 3 aromatic rings. The summed E-state index contributed by atoms with van der Waals surface area (Å²) < 4.78 is 13.6. The zero-order valence-corrected chi connectivity index (χ0v) is 19.8. The van der Waals surface area contributed by atoms with Gasteiger partial charge in [0.1, 0.15) is 11.5 Å². The zero-order valence-electron chi connectivity index (χ0n) is 19.8. The summed E-state index contributed by atoms with van der Waals surface area (Å²) in [7, 11) is 3.81. The van der Waals surface area contributed by atoms with Crippen LogP contribution in [0.3, 0.4) is 0 Å². The lowest BCUT2D eigenvalue weighted by Crippen LogP contribution is -2.26. The molecular formula is C28H34N2O3. The fourth-order valence-electron chi connectivity index (χ4n) is 5.50. The zero-order chi connectivity index (χ0) is 22.8. The molecule has 0 amide bonds. The quantitative estimate of drug-likeness (QED) is 0.488. The van der Waals surface area contributed by atoms with Crippen molar-refractivity contribution in [2.75, 3.05) is 20.7 Å². The van der Waals surface area contributed by atoms with E-state index in [0.717, 1.165) is 42.5 Å². The molecule has 5 heteroatoms. The first-order valence-electron chi connectivity index (χ1n) is 12.3. The summed E-state index contributed by atoms with van der Waals surface area (Å²) in [5.74, 6) is 1.45. The number of ether oxygens (including phenoxy) is 2. The molecule has 1 saturated carbocycles. The van der Waals surface area contributed by atoms with Crippen LogP contribution in [-0.2, 0) is 6.42 Å². The Hall–Kier alpha value is -2.79. The lowest BCUT2D eigenvalue weighted by Gasteiger charge is -2.23. The minimum absolute atomic E-state index is 0.0653. The number of rotatable bonds is 6. The minimum Gasteiger partial charge on any atom is -0.496 e. The Kier molecular flexibility index (Phi) is 6.41. The van der Waals surface area contributed by atoms with E-state index in [4.69, 9.17) is 9.47 Å². The van der Waals surface area contributed by atoms with Crippen LogP contribution >= 0.6 is 0 Å². The topological polar surface area (TPSA) is 43.7 Å². The van der Waals surface area contributed by atoms with E-state index in [1.807, 2.05) is 42.6 Å². The van der Waals surface area contributed by atoms with Gasteiger partial charge < -0.3 is 14.4 Å². The van der Waals surface area contributed by atoms with E-state index in [1.54, 1.807) is 11.7 Å². The Morgan fingerprint density at radius 1 is 1.03 bits per heavy atom. The molecule has 1 saturated heterocycles. The van der Waals surface area contributed by atoms with Crippen molar-refractivity contribution in [3.8, 4) is 11.5 Å². The fourth-order valence-corrected chi connectivity index (χ4v) is 5.50. The normalized spacial score (nSPS) is 19.8. The first-order chi connectivity index (χ1) is 16.1. The maximum absolute atomic E-state index is 13.6. The summed E-state index contributed by atoms with van der Waals surface area (Å²) in [6, 6.07) is 14.2. The van der Waals surface area contributed by atoms with E-state index in [9.17, 15) is 4.79 Å². The SMILES string of the molecule is COc1ccccc1C(=O)n1cc(CC2CCCN2C)c2cc(OC3CCCCC3)ccc21. The molecule has 33 heavy (non-hydrogen) atoms. The van der Waals surface area contributed by atoms with Crippen LogP contribution in [0.4, 0.5) is 0 Å². The summed E-state index contributed by atoms with van der Waals surface area (Å²) in [5, 5.41) is 1.12. The maximum Gasteiger partial charge on any atom is 0.266 e. The lowest BCUT2D eigenvalue weighted by atomic mass is 9.98. The van der Waals surface area contributed by atoms with Crippen LogP contribution in [0.15, 0.2) is 48.7 Å². The van der Waals surface area contributed by atoms with Crippen molar-refractivity contribution in [3.63, 3.8) is 0 Å². The van der Waals surface area contributed by atoms with Gasteiger partial charge in [0.2, 0.25) is 0 Å². The second-order valence-corrected chi connectivity index (χ2v) is 9.57. The molecule has 0 bridgehead atoms. The number of nitrogens with zero attached hydrogens (tertiary/aromatic N) is 2. The van der Waals surface area contributed by atoms with Gasteiger partial charge in [-0.1, -0.05) is 18.6 Å². The van der Waals surface area contributed by atoms with Gasteiger partial charge in [-0.25, -0.2) is 0 Å². The number of fused-ring (bicyclic) bond motifs is 1. The Balaban J connectivity index is 1.53. The third-order valence-corrected chi connectivity index (χ3v) is 7.40. The van der Waals surface area contributed by atoms with Gasteiger partial charge in [-0.2, -0.15) is 0 Å². The van der Waals surface area contributed by atoms with Gasteiger partial charge in [0.05, 0.1) is 24.3 Å². The highest BCUT2D eigenvalue weighted by atomic mass is 16.5. The number of likely N-dealkylation sites (tertiary alicyclic amines) is 1. The van der Waals surface area contributed by atoms with Crippen molar-refractivity contribution < 1.29 is 14.3 Å². The van der Waals surface area contributed by atoms with Gasteiger partial charge in [0.25, 0.3) is 5.91 Å². The second kappa shape index (κ2) is 9.60. The molecule has 2 fully saturated rings. The summed E-state index contributed by atoms with van der Waals surface area (Å²) in [6.07, 6.45) is 11.8. The van der Waals surface area contributed by atoms with Crippen LogP contribution < -0.4 is 9.47 Å². The number of hydrogen-bond acceptors (Lipinski definition) is 4. The first kappa shape index (κ1) is 22.0. The Bertz CT molecular complexity index is 1130. The first-order valence-corrected chi connectivity index (χ1v) is 12.3. The van der Waals surface area contributed by atoms with Gasteiger partial charge in [-0.15, -0.1) is 0 Å². The molecule has 5 nitrogen and oxygen atoms in total. The number of likely N-dealkylation sites (N-methyl/N-ethyl adjacent to an activating group) is 1. The number of carbonyl (C=O) groups is 1. The van der Waals surface area contributed by atoms with Crippen LogP contribution in [0.5, 0.6) is 11.5 Å². The van der Waals surface area contributed by atoms with Crippen LogP contribution in [0, 0.1) is 0 Å². The van der Waals surface area contributed by atoms with Gasteiger partial charge in [0, 0.05) is 17.6 Å². The molecule has 2 heterocycles. The van der Waals surface area contributed by atoms with E-state index in [-0.39, 0.29) is 5.91 Å². The molecule has 2 aliphatic rings. The predicted octanol–water partition coefficient (Wildman–Crippen LogP) is 5.69. The van der Waals surface area contributed by atoms with Crippen LogP contribution in [0.25, 0.3) is 10.9 Å². The Morgan fingerprint density at radius 2 is 1.85 bits per heavy atom. The minimum atomic E-state index is -0.0653. The molecule has 1 aliphatic heterocycles. The monoisotopic (exact) mass is 446 g/mol. The second-order valence-electron chi connectivity index (χ2n) is 9.57. The molecular weight excluding hydrogens is 412 g/mol. The average molecular weight is 447 g/mol. The summed E-state index contributed by atoms with van der Waals surface area (Å²) in [4.78, 5) is 16.0. The van der Waals surface area contributed by atoms with E-state index in [2.05, 4.69) is 18.0 Å². The fraction of sp³-hybridized carbons (Fsp3) is 0.464. The van der Waals surface area contributed by atoms with Crippen molar-refractivity contribution in [3.05, 3.63) is 59.8 Å². The van der Waals surface area contributed by atoms with Gasteiger partial charge in [-0.05, 0) is 94.4 Å². The highest BCUT2D eigenvalue weighted by Gasteiger charge is 2.25. The number of benzene rings is 2. The van der Waals surface area contributed by atoms with Gasteiger partial charge in [0.15, 0.2) is 0 Å². The lowest BCUT2D eigenvalue weighted by molar-refractivity contribution is 0.0961. The molecule has 1 aromatic heterocycles. The van der Waals surface area contributed by atoms with Crippen molar-refractivity contribution in [1.82, 2.24) is 9.47 Å². The maximum atomic E-state index is 13.6. The number of hydrogen-bond donors (Lipinski definition) is 0. The van der Waals surface area contributed by atoms with Crippen LogP contribution in [0.1, 0.15) is 60.9 Å². The smallest absolute Gasteiger partial charge is 0.266 e. The third-order valence-electron chi connectivity index (χ3n) is 7.40. The van der Waals surface area contributed by atoms with E-state index < -0.39 is 0 Å². The van der Waals surface area contributed by atoms with Gasteiger partial charge >= 0.3 is 0 Å². The molecule has 1 atom stereocenters. The van der Waals surface area contributed by atoms with Crippen molar-refractivity contribution in [2.24, 2.45) is 0 Å². The molecule has 5 rings (SSSR count). The van der Waals surface area contributed by atoms with Crippen LogP contribution in [0.2, 0.25) is 0 Å². The molecule has 0 spiro atoms. The summed E-state index contributed by atoms with van der Waals surface area (Å²) in [6.45, 7) is 1.14. The van der Waals surface area contributed by atoms with E-state index in [1.165, 1.54) is 37.7 Å². The molecule has 1 unspecified atom stereocenters. The Morgan fingerprint density at radius 3 is 2.61 bits per heavy atom. The summed E-state index contributed by atoms with van der Waals surface area (Å²) in [5.41, 5.74) is 2.71. The highest BCUT2D eigenvalue weighted by molar-refractivity contribution is 6.04. The number of para-hydroxylation sites is 1. The molecule has 0 N–H and O–H groups in total. The van der Waals surface area contributed by atoms with Crippen molar-refractivity contribution >= 4 is 16.8 Å². The molecule has 1 aliphatic carbocycles.